The van der Waals surface area contributed by atoms with Gasteiger partial charge in [-0.3, -0.25) is 0 Å². The zero-order valence-corrected chi connectivity index (χ0v) is 13.4. The van der Waals surface area contributed by atoms with E-state index in [0.29, 0.717) is 6.04 Å². The van der Waals surface area contributed by atoms with E-state index >= 15 is 0 Å². The summed E-state index contributed by atoms with van der Waals surface area (Å²) in [6.07, 6.45) is 1.06. The van der Waals surface area contributed by atoms with E-state index in [1.54, 1.807) is 7.11 Å². The average Bonchev–Trinajstić information content (AvgIpc) is 2.53. The molecular formula is C19H25NO. The van der Waals surface area contributed by atoms with Crippen LogP contribution in [0, 0.1) is 6.92 Å². The van der Waals surface area contributed by atoms with Gasteiger partial charge in [-0.2, -0.15) is 0 Å². The summed E-state index contributed by atoms with van der Waals surface area (Å²) in [6, 6.07) is 17.6. The van der Waals surface area contributed by atoms with Crippen molar-refractivity contribution in [2.24, 2.45) is 0 Å². The van der Waals surface area contributed by atoms with Gasteiger partial charge in [0.1, 0.15) is 5.75 Å². The van der Waals surface area contributed by atoms with Crippen LogP contribution in [0.2, 0.25) is 0 Å². The van der Waals surface area contributed by atoms with E-state index in [-0.39, 0.29) is 6.04 Å². The van der Waals surface area contributed by atoms with Crippen molar-refractivity contribution < 1.29 is 4.74 Å². The van der Waals surface area contributed by atoms with Crippen LogP contribution in [0.4, 0.5) is 0 Å². The van der Waals surface area contributed by atoms with Gasteiger partial charge in [0.2, 0.25) is 0 Å². The van der Waals surface area contributed by atoms with Gasteiger partial charge in [0, 0.05) is 17.6 Å². The third kappa shape index (κ3) is 3.85. The van der Waals surface area contributed by atoms with Crippen LogP contribution in [-0.4, -0.2) is 7.11 Å². The number of methoxy groups -OCH3 is 1. The van der Waals surface area contributed by atoms with E-state index in [0.717, 1.165) is 12.2 Å². The van der Waals surface area contributed by atoms with E-state index in [9.17, 15) is 0 Å². The zero-order chi connectivity index (χ0) is 15.2. The summed E-state index contributed by atoms with van der Waals surface area (Å²) < 4.78 is 5.53. The second-order valence-electron chi connectivity index (χ2n) is 5.51. The maximum Gasteiger partial charge on any atom is 0.123 e. The predicted molar refractivity (Wildman–Crippen MR) is 88.8 cm³/mol. The Bertz CT molecular complexity index is 565. The first-order valence-electron chi connectivity index (χ1n) is 7.61. The highest BCUT2D eigenvalue weighted by molar-refractivity contribution is 5.39. The topological polar surface area (TPSA) is 21.3 Å². The molecule has 21 heavy (non-hydrogen) atoms. The molecular weight excluding hydrogens is 258 g/mol. The Kier molecular flexibility index (Phi) is 5.40. The Morgan fingerprint density at radius 1 is 1.10 bits per heavy atom. The molecule has 2 aromatic rings. The van der Waals surface area contributed by atoms with Crippen LogP contribution in [0.15, 0.2) is 48.5 Å². The molecule has 2 rings (SSSR count). The molecule has 0 spiro atoms. The van der Waals surface area contributed by atoms with Gasteiger partial charge in [0.05, 0.1) is 7.11 Å². The molecule has 0 aliphatic carbocycles. The molecule has 2 atom stereocenters. The molecule has 0 aliphatic rings. The van der Waals surface area contributed by atoms with Crippen molar-refractivity contribution in [3.8, 4) is 5.75 Å². The lowest BCUT2D eigenvalue weighted by Crippen LogP contribution is -2.24. The molecule has 0 saturated carbocycles. The second-order valence-corrected chi connectivity index (χ2v) is 5.51. The lowest BCUT2D eigenvalue weighted by Gasteiger charge is -2.24. The number of ether oxygens (including phenoxy) is 1. The van der Waals surface area contributed by atoms with E-state index in [1.807, 2.05) is 0 Å². The fourth-order valence-corrected chi connectivity index (χ4v) is 2.70. The maximum atomic E-state index is 5.53. The molecule has 0 heterocycles. The summed E-state index contributed by atoms with van der Waals surface area (Å²) in [5.41, 5.74) is 3.76. The van der Waals surface area contributed by atoms with Crippen molar-refractivity contribution in [2.45, 2.75) is 39.3 Å². The van der Waals surface area contributed by atoms with E-state index < -0.39 is 0 Å². The molecule has 0 aromatic heterocycles. The second kappa shape index (κ2) is 7.28. The Balaban J connectivity index is 2.18. The lowest BCUT2D eigenvalue weighted by molar-refractivity contribution is 0.391. The van der Waals surface area contributed by atoms with Crippen LogP contribution in [0.1, 0.15) is 49.0 Å². The lowest BCUT2D eigenvalue weighted by atomic mass is 10.00. The zero-order valence-electron chi connectivity index (χ0n) is 13.4. The summed E-state index contributed by atoms with van der Waals surface area (Å²) in [4.78, 5) is 0. The maximum absolute atomic E-state index is 5.53. The summed E-state index contributed by atoms with van der Waals surface area (Å²) in [6.45, 7) is 6.49. The van der Waals surface area contributed by atoms with Gasteiger partial charge in [-0.05, 0) is 37.5 Å². The van der Waals surface area contributed by atoms with Gasteiger partial charge in [0.15, 0.2) is 0 Å². The minimum atomic E-state index is 0.241. The minimum Gasteiger partial charge on any atom is -0.496 e. The van der Waals surface area contributed by atoms with Crippen molar-refractivity contribution in [1.29, 1.82) is 0 Å². The Morgan fingerprint density at radius 2 is 1.81 bits per heavy atom. The molecule has 1 N–H and O–H groups in total. The van der Waals surface area contributed by atoms with Crippen LogP contribution < -0.4 is 10.1 Å². The molecule has 0 saturated heterocycles. The van der Waals surface area contributed by atoms with E-state index in [2.05, 4.69) is 74.6 Å². The molecule has 112 valence electrons. The van der Waals surface area contributed by atoms with Gasteiger partial charge in [0.25, 0.3) is 0 Å². The fourth-order valence-electron chi connectivity index (χ4n) is 2.70. The highest BCUT2D eigenvalue weighted by Gasteiger charge is 2.16. The number of rotatable bonds is 6. The van der Waals surface area contributed by atoms with Crippen LogP contribution in [0.25, 0.3) is 0 Å². The number of benzene rings is 2. The van der Waals surface area contributed by atoms with E-state index in [1.165, 1.54) is 16.7 Å². The molecule has 0 fully saturated rings. The molecule has 0 radical (unpaired) electrons. The molecule has 2 unspecified atom stereocenters. The summed E-state index contributed by atoms with van der Waals surface area (Å²) in [5.74, 6) is 0.956. The third-order valence-electron chi connectivity index (χ3n) is 3.92. The molecule has 0 aliphatic heterocycles. The molecule has 2 heteroatoms. The van der Waals surface area contributed by atoms with Gasteiger partial charge in [-0.15, -0.1) is 0 Å². The monoisotopic (exact) mass is 283 g/mol. The highest BCUT2D eigenvalue weighted by Crippen LogP contribution is 2.29. The fraction of sp³-hybridized carbons (Fsp3) is 0.368. The van der Waals surface area contributed by atoms with Crippen LogP contribution in [-0.2, 0) is 0 Å². The smallest absolute Gasteiger partial charge is 0.123 e. The van der Waals surface area contributed by atoms with Crippen LogP contribution >= 0.6 is 0 Å². The summed E-state index contributed by atoms with van der Waals surface area (Å²) in [7, 11) is 1.74. The number of aryl methyl sites for hydroxylation is 1. The largest absolute Gasteiger partial charge is 0.496 e. The SMILES string of the molecule is CCC(NC(C)c1ccc(C)cc1OC)c1ccccc1. The number of hydrogen-bond donors (Lipinski definition) is 1. The Hall–Kier alpha value is -1.80. The van der Waals surface area contributed by atoms with Crippen LogP contribution in [0.5, 0.6) is 5.75 Å². The summed E-state index contributed by atoms with van der Waals surface area (Å²) >= 11 is 0. The van der Waals surface area contributed by atoms with E-state index in [4.69, 9.17) is 4.74 Å². The summed E-state index contributed by atoms with van der Waals surface area (Å²) in [5, 5.41) is 3.71. The molecule has 2 aromatic carbocycles. The quantitative estimate of drug-likeness (QED) is 0.821. The number of nitrogens with one attached hydrogen (secondary N) is 1. The van der Waals surface area contributed by atoms with Crippen molar-refractivity contribution >= 4 is 0 Å². The standard InChI is InChI=1S/C19H25NO/c1-5-18(16-9-7-6-8-10-16)20-15(3)17-12-11-14(2)13-19(17)21-4/h6-13,15,18,20H,5H2,1-4H3. The van der Waals surface area contributed by atoms with Crippen molar-refractivity contribution in [1.82, 2.24) is 5.32 Å². The van der Waals surface area contributed by atoms with Crippen molar-refractivity contribution in [3.63, 3.8) is 0 Å². The number of hydrogen-bond acceptors (Lipinski definition) is 2. The minimum absolute atomic E-state index is 0.241. The first-order chi connectivity index (χ1) is 10.2. The average molecular weight is 283 g/mol. The molecule has 0 bridgehead atoms. The van der Waals surface area contributed by atoms with Gasteiger partial charge in [-0.25, -0.2) is 0 Å². The predicted octanol–water partition coefficient (Wildman–Crippen LogP) is 4.81. The normalized spacial score (nSPS) is 13.7. The first-order valence-corrected chi connectivity index (χ1v) is 7.61. The Labute approximate surface area is 128 Å². The first kappa shape index (κ1) is 15.6. The van der Waals surface area contributed by atoms with Crippen molar-refractivity contribution in [3.05, 3.63) is 65.2 Å². The molecule has 2 nitrogen and oxygen atoms in total. The van der Waals surface area contributed by atoms with Crippen LogP contribution in [0.3, 0.4) is 0 Å². The molecule has 0 amide bonds. The van der Waals surface area contributed by atoms with Gasteiger partial charge >= 0.3 is 0 Å². The van der Waals surface area contributed by atoms with Crippen molar-refractivity contribution in [2.75, 3.05) is 7.11 Å². The third-order valence-corrected chi connectivity index (χ3v) is 3.92. The van der Waals surface area contributed by atoms with Gasteiger partial charge in [-0.1, -0.05) is 49.4 Å². The van der Waals surface area contributed by atoms with Gasteiger partial charge < -0.3 is 10.1 Å². The Morgan fingerprint density at radius 3 is 2.43 bits per heavy atom. The highest BCUT2D eigenvalue weighted by atomic mass is 16.5.